The summed E-state index contributed by atoms with van der Waals surface area (Å²) in [6.45, 7) is -1.18. The summed E-state index contributed by atoms with van der Waals surface area (Å²) in [4.78, 5) is 22.5. The van der Waals surface area contributed by atoms with Crippen molar-refractivity contribution < 1.29 is 41.7 Å². The van der Waals surface area contributed by atoms with E-state index in [2.05, 4.69) is 15.3 Å². The second-order valence-corrected chi connectivity index (χ2v) is 11.7. The third kappa shape index (κ3) is 5.14. The zero-order chi connectivity index (χ0) is 31.6. The molecule has 0 bridgehead atoms. The summed E-state index contributed by atoms with van der Waals surface area (Å²) in [6, 6.07) is 12.8. The van der Waals surface area contributed by atoms with Crippen molar-refractivity contribution in [3.8, 4) is 22.8 Å². The monoisotopic (exact) mass is 624 g/mol. The molecule has 2 aromatic carbocycles. The van der Waals surface area contributed by atoms with Crippen molar-refractivity contribution in [1.82, 2.24) is 15.3 Å². The van der Waals surface area contributed by atoms with Gasteiger partial charge in [0, 0.05) is 34.2 Å². The molecule has 13 heteroatoms. The molecule has 0 radical (unpaired) electrons. The Hall–Kier alpha value is -4.33. The second kappa shape index (κ2) is 10.6. The fourth-order valence-electron chi connectivity index (χ4n) is 5.55. The molecule has 4 heterocycles. The van der Waals surface area contributed by atoms with Crippen LogP contribution in [-0.2, 0) is 15.9 Å². The second-order valence-electron chi connectivity index (χ2n) is 11.7. The van der Waals surface area contributed by atoms with Crippen LogP contribution in [-0.4, -0.2) is 59.6 Å². The van der Waals surface area contributed by atoms with E-state index in [1.165, 1.54) is 12.1 Å². The molecule has 234 valence electrons. The Labute approximate surface area is 254 Å². The number of hydrogen-bond acceptors (Lipinski definition) is 8. The van der Waals surface area contributed by atoms with E-state index in [0.717, 1.165) is 31.0 Å². The smallest absolute Gasteiger partial charge is 0.414 e. The van der Waals surface area contributed by atoms with Crippen molar-refractivity contribution in [2.75, 3.05) is 26.4 Å². The number of fused-ring (bicyclic) bond motifs is 2. The van der Waals surface area contributed by atoms with Gasteiger partial charge in [0.05, 0.1) is 31.6 Å². The molecule has 0 unspecified atom stereocenters. The highest BCUT2D eigenvalue weighted by atomic mass is 19.4. The van der Waals surface area contributed by atoms with Crippen LogP contribution in [0.15, 0.2) is 60.8 Å². The third-order valence-corrected chi connectivity index (χ3v) is 8.55. The fourth-order valence-corrected chi connectivity index (χ4v) is 5.55. The molecule has 2 fully saturated rings. The largest absolute Gasteiger partial charge is 0.488 e. The van der Waals surface area contributed by atoms with E-state index in [-0.39, 0.29) is 47.6 Å². The summed E-state index contributed by atoms with van der Waals surface area (Å²) in [7, 11) is 0. The van der Waals surface area contributed by atoms with Crippen LogP contribution in [0.25, 0.3) is 22.2 Å². The molecule has 3 aliphatic rings. The molecule has 0 spiro atoms. The van der Waals surface area contributed by atoms with Gasteiger partial charge in [-0.15, -0.1) is 0 Å². The summed E-state index contributed by atoms with van der Waals surface area (Å²) in [5.74, 6) is -1.49. The van der Waals surface area contributed by atoms with Gasteiger partial charge in [0.2, 0.25) is 0 Å². The third-order valence-electron chi connectivity index (χ3n) is 8.55. The number of carbonyl (C=O) groups excluding carboxylic acids is 1. The Balaban J connectivity index is 1.27. The van der Waals surface area contributed by atoms with Gasteiger partial charge in [-0.25, -0.2) is 9.37 Å². The number of nitrogens with two attached hydrogens (primary N) is 1. The van der Waals surface area contributed by atoms with Crippen molar-refractivity contribution in [3.05, 3.63) is 83.4 Å². The van der Waals surface area contributed by atoms with Gasteiger partial charge >= 0.3 is 6.18 Å². The number of aromatic nitrogens is 2. The molecule has 1 amide bonds. The highest BCUT2D eigenvalue weighted by molar-refractivity contribution is 6.00. The molecule has 2 atom stereocenters. The molecule has 2 aromatic heterocycles. The molecule has 45 heavy (non-hydrogen) atoms. The molecule has 1 aliphatic carbocycles. The lowest BCUT2D eigenvalue weighted by atomic mass is 9.80. The molecule has 4 aromatic rings. The Morgan fingerprint density at radius 2 is 1.89 bits per heavy atom. The number of amides is 1. The van der Waals surface area contributed by atoms with Gasteiger partial charge in [0.25, 0.3) is 5.91 Å². The minimum atomic E-state index is -4.91. The first-order valence-electron chi connectivity index (χ1n) is 14.4. The number of halogens is 4. The number of nitrogens with zero attached hydrogens (tertiary/aromatic N) is 2. The molecule has 7 rings (SSSR count). The van der Waals surface area contributed by atoms with Crippen LogP contribution in [0.4, 0.5) is 17.6 Å². The Kier molecular flexibility index (Phi) is 6.95. The summed E-state index contributed by atoms with van der Waals surface area (Å²) < 4.78 is 73.5. The minimum Gasteiger partial charge on any atom is -0.488 e. The highest BCUT2D eigenvalue weighted by Crippen LogP contribution is 2.50. The van der Waals surface area contributed by atoms with Crippen molar-refractivity contribution in [3.63, 3.8) is 0 Å². The first-order valence-corrected chi connectivity index (χ1v) is 14.4. The van der Waals surface area contributed by atoms with Crippen LogP contribution in [0, 0.1) is 11.7 Å². The molecular formula is C32H28F4N4O5. The number of hydrogen-bond donors (Lipinski definition) is 3. The lowest BCUT2D eigenvalue weighted by Gasteiger charge is -2.41. The SMILES string of the molecule is N[C@@]1(C(F)(F)F)COc2c1cc([C@@](O)(CNC(=O)c1cc(OC3CC3)c3ncccc3c1)C1COC1)nc2-c1ccc(F)cc1. The van der Waals surface area contributed by atoms with E-state index in [9.17, 15) is 27.5 Å². The first-order chi connectivity index (χ1) is 21.5. The van der Waals surface area contributed by atoms with Crippen molar-refractivity contribution in [1.29, 1.82) is 0 Å². The first kappa shape index (κ1) is 29.4. The quantitative estimate of drug-likeness (QED) is 0.247. The van der Waals surface area contributed by atoms with Crippen molar-refractivity contribution >= 4 is 16.8 Å². The number of ether oxygens (including phenoxy) is 3. The van der Waals surface area contributed by atoms with Gasteiger partial charge in [0.1, 0.15) is 35.0 Å². The Morgan fingerprint density at radius 1 is 1.13 bits per heavy atom. The predicted octanol–water partition coefficient (Wildman–Crippen LogP) is 4.35. The van der Waals surface area contributed by atoms with Crippen LogP contribution < -0.4 is 20.5 Å². The lowest BCUT2D eigenvalue weighted by Crippen LogP contribution is -2.54. The van der Waals surface area contributed by atoms with Gasteiger partial charge in [-0.3, -0.25) is 9.78 Å². The summed E-state index contributed by atoms with van der Waals surface area (Å²) in [6.07, 6.45) is -1.43. The lowest BCUT2D eigenvalue weighted by molar-refractivity contribution is -0.191. The highest BCUT2D eigenvalue weighted by Gasteiger charge is 2.59. The molecular weight excluding hydrogens is 596 g/mol. The maximum absolute atomic E-state index is 14.3. The fraction of sp³-hybridized carbons (Fsp3) is 0.344. The number of benzene rings is 2. The van der Waals surface area contributed by atoms with E-state index in [1.807, 2.05) is 0 Å². The van der Waals surface area contributed by atoms with Crippen molar-refractivity contribution in [2.45, 2.75) is 36.3 Å². The number of alkyl halides is 3. The van der Waals surface area contributed by atoms with Crippen LogP contribution in [0.1, 0.15) is 34.5 Å². The van der Waals surface area contributed by atoms with E-state index >= 15 is 0 Å². The summed E-state index contributed by atoms with van der Waals surface area (Å²) >= 11 is 0. The van der Waals surface area contributed by atoms with Gasteiger partial charge in [-0.1, -0.05) is 6.07 Å². The maximum Gasteiger partial charge on any atom is 0.414 e. The van der Waals surface area contributed by atoms with Crippen LogP contribution in [0.3, 0.4) is 0 Å². The summed E-state index contributed by atoms with van der Waals surface area (Å²) in [5.41, 5.74) is 1.52. The predicted molar refractivity (Wildman–Crippen MR) is 153 cm³/mol. The number of rotatable bonds is 8. The van der Waals surface area contributed by atoms with Gasteiger partial charge in [0.15, 0.2) is 11.3 Å². The topological polar surface area (TPSA) is 129 Å². The average Bonchev–Trinajstić information content (AvgIpc) is 3.74. The van der Waals surface area contributed by atoms with Crippen molar-refractivity contribution in [2.24, 2.45) is 11.7 Å². The number of pyridine rings is 2. The summed E-state index contributed by atoms with van der Waals surface area (Å²) in [5, 5.41) is 15.6. The van der Waals surface area contributed by atoms with Crippen LogP contribution >= 0.6 is 0 Å². The zero-order valence-electron chi connectivity index (χ0n) is 23.7. The van der Waals surface area contributed by atoms with E-state index in [1.54, 1.807) is 30.5 Å². The Morgan fingerprint density at radius 3 is 2.56 bits per heavy atom. The van der Waals surface area contributed by atoms with Crippen LogP contribution in [0.5, 0.6) is 11.5 Å². The number of aliphatic hydroxyl groups is 1. The van der Waals surface area contributed by atoms with Gasteiger partial charge in [-0.2, -0.15) is 13.2 Å². The number of carbonyl (C=O) groups is 1. The minimum absolute atomic E-state index is 0.0482. The average molecular weight is 625 g/mol. The molecule has 4 N–H and O–H groups in total. The normalized spacial score (nSPS) is 21.0. The van der Waals surface area contributed by atoms with Crippen LogP contribution in [0.2, 0.25) is 0 Å². The van der Waals surface area contributed by atoms with E-state index < -0.39 is 53.7 Å². The molecule has 1 saturated carbocycles. The Bertz CT molecular complexity index is 1800. The molecule has 1 saturated heterocycles. The molecule has 2 aliphatic heterocycles. The van der Waals surface area contributed by atoms with E-state index in [0.29, 0.717) is 16.7 Å². The van der Waals surface area contributed by atoms with Gasteiger partial charge in [-0.05, 0) is 61.4 Å². The van der Waals surface area contributed by atoms with E-state index in [4.69, 9.17) is 19.9 Å². The maximum atomic E-state index is 14.3. The standard InChI is InChI=1S/C32H28F4N4O5/c33-21-5-3-17(4-6-21)27-28-23(31(37,16-44-28)32(34,35)36)12-25(40-27)30(42,20-13-43-14-20)15-39-29(41)19-10-18-2-1-9-38-26(18)24(11-19)45-22-7-8-22/h1-6,9-12,20,22,42H,7-8,13-16,37H2,(H,39,41)/t30-,31+/m1/s1. The van der Waals surface area contributed by atoms with Gasteiger partial charge < -0.3 is 30.4 Å². The number of nitrogens with one attached hydrogen (secondary N) is 1. The zero-order valence-corrected chi connectivity index (χ0v) is 23.7. The molecule has 9 nitrogen and oxygen atoms in total.